The van der Waals surface area contributed by atoms with Crippen molar-refractivity contribution in [2.45, 2.75) is 64.3 Å². The van der Waals surface area contributed by atoms with Crippen molar-refractivity contribution in [2.75, 3.05) is 48.3 Å². The highest BCUT2D eigenvalue weighted by atomic mass is 16.2. The number of aryl methyl sites for hydroxylation is 1. The molecule has 202 valence electrons. The van der Waals surface area contributed by atoms with Gasteiger partial charge in [-0.3, -0.25) is 14.4 Å². The molecule has 5 rings (SSSR count). The van der Waals surface area contributed by atoms with E-state index in [0.29, 0.717) is 50.0 Å². The van der Waals surface area contributed by atoms with Crippen LogP contribution < -0.4 is 20.4 Å². The van der Waals surface area contributed by atoms with Crippen LogP contribution in [0.25, 0.3) is 0 Å². The molecule has 2 fully saturated rings. The van der Waals surface area contributed by atoms with Gasteiger partial charge in [0.2, 0.25) is 17.8 Å². The van der Waals surface area contributed by atoms with Crippen molar-refractivity contribution in [3.8, 4) is 0 Å². The highest BCUT2D eigenvalue weighted by Crippen LogP contribution is 2.36. The Hall–Kier alpha value is -3.69. The Morgan fingerprint density at radius 3 is 2.63 bits per heavy atom. The molecule has 38 heavy (non-hydrogen) atoms. The zero-order valence-electron chi connectivity index (χ0n) is 22.3. The van der Waals surface area contributed by atoms with Crippen molar-refractivity contribution >= 4 is 40.9 Å². The van der Waals surface area contributed by atoms with Gasteiger partial charge in [0.15, 0.2) is 5.82 Å². The third-order valence-electron chi connectivity index (χ3n) is 7.89. The van der Waals surface area contributed by atoms with Gasteiger partial charge in [0.05, 0.1) is 6.20 Å². The average Bonchev–Trinajstić information content (AvgIpc) is 3.57. The van der Waals surface area contributed by atoms with E-state index in [-0.39, 0.29) is 17.7 Å². The number of benzene rings is 1. The van der Waals surface area contributed by atoms with E-state index in [1.807, 2.05) is 24.0 Å². The van der Waals surface area contributed by atoms with Gasteiger partial charge in [-0.25, -0.2) is 4.98 Å². The summed E-state index contributed by atoms with van der Waals surface area (Å²) in [5.74, 6) is 1.41. The second-order valence-corrected chi connectivity index (χ2v) is 10.5. The summed E-state index contributed by atoms with van der Waals surface area (Å²) >= 11 is 0. The first kappa shape index (κ1) is 25.9. The number of hydrogen-bond acceptors (Lipinski definition) is 7. The lowest BCUT2D eigenvalue weighted by atomic mass is 10.1. The molecule has 2 aromatic rings. The molecular weight excluding hydrogens is 482 g/mol. The van der Waals surface area contributed by atoms with E-state index >= 15 is 0 Å². The molecule has 10 nitrogen and oxygen atoms in total. The van der Waals surface area contributed by atoms with Crippen molar-refractivity contribution in [1.82, 2.24) is 20.2 Å². The van der Waals surface area contributed by atoms with Crippen molar-refractivity contribution in [1.29, 1.82) is 0 Å². The Kier molecular flexibility index (Phi) is 7.76. The molecule has 1 aliphatic carbocycles. The minimum absolute atomic E-state index is 0.0744. The smallest absolute Gasteiger partial charge is 0.251 e. The zero-order chi connectivity index (χ0) is 26.6. The topological polar surface area (TPSA) is 111 Å². The molecule has 3 heterocycles. The van der Waals surface area contributed by atoms with Gasteiger partial charge >= 0.3 is 0 Å². The number of carbonyl (C=O) groups is 3. The molecule has 1 aromatic heterocycles. The molecule has 1 saturated heterocycles. The fourth-order valence-corrected chi connectivity index (χ4v) is 5.65. The standard InChI is InChI=1S/C28H37N7O3/c1-19-17-20(27(38)29-13-6-15-34-14-5-9-25(34)37)10-11-22(19)31-28-30-18-23-26(32-28)35(21-7-3-4-8-21)16-12-24(36)33(23)2/h10-11,17-18,21H,3-9,12-16H2,1-2H3,(H,29,38)(H,30,31,32). The van der Waals surface area contributed by atoms with Crippen LogP contribution in [0.5, 0.6) is 0 Å². The first-order valence-corrected chi connectivity index (χ1v) is 13.7. The van der Waals surface area contributed by atoms with Crippen molar-refractivity contribution in [2.24, 2.45) is 0 Å². The minimum atomic E-state index is -0.131. The highest BCUT2D eigenvalue weighted by Gasteiger charge is 2.31. The average molecular weight is 520 g/mol. The number of anilines is 4. The summed E-state index contributed by atoms with van der Waals surface area (Å²) in [7, 11) is 1.79. The number of hydrogen-bond donors (Lipinski definition) is 2. The van der Waals surface area contributed by atoms with Crippen LogP contribution in [0.4, 0.5) is 23.1 Å². The zero-order valence-corrected chi connectivity index (χ0v) is 22.3. The number of rotatable bonds is 8. The van der Waals surface area contributed by atoms with Crippen LogP contribution in [0.3, 0.4) is 0 Å². The van der Waals surface area contributed by atoms with E-state index in [2.05, 4.69) is 20.5 Å². The Morgan fingerprint density at radius 2 is 1.89 bits per heavy atom. The van der Waals surface area contributed by atoms with Crippen LogP contribution in [0.15, 0.2) is 24.4 Å². The number of amides is 3. The summed E-state index contributed by atoms with van der Waals surface area (Å²) in [6.07, 6.45) is 9.13. The number of nitrogens with one attached hydrogen (secondary N) is 2. The molecule has 0 atom stereocenters. The number of aromatic nitrogens is 2. The summed E-state index contributed by atoms with van der Waals surface area (Å²) in [6, 6.07) is 5.90. The first-order chi connectivity index (χ1) is 18.4. The molecular formula is C28H37N7O3. The monoisotopic (exact) mass is 519 g/mol. The SMILES string of the molecule is Cc1cc(C(=O)NCCCN2CCCC2=O)ccc1Nc1ncc2c(n1)N(C1CCCC1)CCC(=O)N2C. The predicted molar refractivity (Wildman–Crippen MR) is 147 cm³/mol. The minimum Gasteiger partial charge on any atom is -0.352 e. The summed E-state index contributed by atoms with van der Waals surface area (Å²) in [5.41, 5.74) is 3.04. The molecule has 1 saturated carbocycles. The number of carbonyl (C=O) groups excluding carboxylic acids is 3. The molecule has 1 aromatic carbocycles. The molecule has 2 N–H and O–H groups in total. The second-order valence-electron chi connectivity index (χ2n) is 10.5. The number of fused-ring (bicyclic) bond motifs is 1. The summed E-state index contributed by atoms with van der Waals surface area (Å²) < 4.78 is 0. The Balaban J connectivity index is 1.25. The first-order valence-electron chi connectivity index (χ1n) is 13.7. The van der Waals surface area contributed by atoms with Crippen molar-refractivity contribution < 1.29 is 14.4 Å². The quantitative estimate of drug-likeness (QED) is 0.515. The van der Waals surface area contributed by atoms with Crippen LogP contribution in [-0.2, 0) is 9.59 Å². The number of likely N-dealkylation sites (tertiary alicyclic amines) is 1. The third-order valence-corrected chi connectivity index (χ3v) is 7.89. The van der Waals surface area contributed by atoms with Crippen LogP contribution in [-0.4, -0.2) is 71.9 Å². The third kappa shape index (κ3) is 5.58. The lowest BCUT2D eigenvalue weighted by Crippen LogP contribution is -2.34. The molecule has 3 amide bonds. The van der Waals surface area contributed by atoms with Gasteiger partial charge in [0, 0.05) is 63.4 Å². The maximum Gasteiger partial charge on any atom is 0.251 e. The number of nitrogens with zero attached hydrogens (tertiary/aromatic N) is 5. The van der Waals surface area contributed by atoms with Gasteiger partial charge in [-0.1, -0.05) is 12.8 Å². The molecule has 3 aliphatic rings. The normalized spacial score (nSPS) is 18.1. The maximum absolute atomic E-state index is 12.7. The van der Waals surface area contributed by atoms with Gasteiger partial charge in [0.1, 0.15) is 5.69 Å². The highest BCUT2D eigenvalue weighted by molar-refractivity contribution is 5.97. The Morgan fingerprint density at radius 1 is 1.08 bits per heavy atom. The molecule has 0 bridgehead atoms. The van der Waals surface area contributed by atoms with E-state index in [0.717, 1.165) is 55.0 Å². The van der Waals surface area contributed by atoms with Crippen LogP contribution >= 0.6 is 0 Å². The van der Waals surface area contributed by atoms with E-state index in [4.69, 9.17) is 4.98 Å². The summed E-state index contributed by atoms with van der Waals surface area (Å²) in [5, 5.41) is 6.27. The van der Waals surface area contributed by atoms with Crippen LogP contribution in [0, 0.1) is 6.92 Å². The summed E-state index contributed by atoms with van der Waals surface area (Å²) in [6.45, 7) is 4.64. The molecule has 2 aliphatic heterocycles. The Bertz CT molecular complexity index is 1210. The van der Waals surface area contributed by atoms with Gasteiger partial charge in [-0.05, 0) is 56.4 Å². The fraction of sp³-hybridized carbons (Fsp3) is 0.536. The molecule has 0 unspecified atom stereocenters. The lowest BCUT2D eigenvalue weighted by molar-refractivity contribution is -0.127. The van der Waals surface area contributed by atoms with Crippen LogP contribution in [0.1, 0.15) is 67.3 Å². The van der Waals surface area contributed by atoms with E-state index < -0.39 is 0 Å². The van der Waals surface area contributed by atoms with E-state index in [9.17, 15) is 14.4 Å². The molecule has 0 spiro atoms. The van der Waals surface area contributed by atoms with Gasteiger partial charge in [-0.2, -0.15) is 4.98 Å². The lowest BCUT2D eigenvalue weighted by Gasteiger charge is -2.30. The maximum atomic E-state index is 12.7. The molecule has 10 heteroatoms. The fourth-order valence-electron chi connectivity index (χ4n) is 5.65. The van der Waals surface area contributed by atoms with E-state index in [1.165, 1.54) is 12.8 Å². The van der Waals surface area contributed by atoms with E-state index in [1.54, 1.807) is 24.2 Å². The van der Waals surface area contributed by atoms with Gasteiger partial charge in [-0.15, -0.1) is 0 Å². The Labute approximate surface area is 223 Å². The van der Waals surface area contributed by atoms with Crippen LogP contribution in [0.2, 0.25) is 0 Å². The molecule has 0 radical (unpaired) electrons. The van der Waals surface area contributed by atoms with Crippen molar-refractivity contribution in [3.05, 3.63) is 35.5 Å². The second kappa shape index (κ2) is 11.4. The summed E-state index contributed by atoms with van der Waals surface area (Å²) in [4.78, 5) is 52.2. The van der Waals surface area contributed by atoms with Crippen molar-refractivity contribution in [3.63, 3.8) is 0 Å². The van der Waals surface area contributed by atoms with Gasteiger partial charge < -0.3 is 25.3 Å². The predicted octanol–water partition coefficient (Wildman–Crippen LogP) is 3.39. The largest absolute Gasteiger partial charge is 0.352 e. The van der Waals surface area contributed by atoms with Gasteiger partial charge in [0.25, 0.3) is 5.91 Å².